The van der Waals surface area contributed by atoms with Crippen LogP contribution in [0.5, 0.6) is 0 Å². The molecule has 3 heterocycles. The highest BCUT2D eigenvalue weighted by Gasteiger charge is 2.44. The second kappa shape index (κ2) is 6.93. The number of rotatable bonds is 6. The van der Waals surface area contributed by atoms with Crippen LogP contribution in [0, 0.1) is 5.92 Å². The van der Waals surface area contributed by atoms with Gasteiger partial charge in [-0.25, -0.2) is 0 Å². The maximum atomic E-state index is 12.7. The van der Waals surface area contributed by atoms with E-state index in [9.17, 15) is 14.7 Å². The molecule has 1 aliphatic heterocycles. The summed E-state index contributed by atoms with van der Waals surface area (Å²) in [4.78, 5) is 30.8. The molecule has 0 aromatic carbocycles. The average Bonchev–Trinajstić information content (AvgIpc) is 3.18. The van der Waals surface area contributed by atoms with Crippen molar-refractivity contribution in [1.29, 1.82) is 0 Å². The molecule has 0 fully saturated rings. The van der Waals surface area contributed by atoms with Gasteiger partial charge in [-0.2, -0.15) is 0 Å². The lowest BCUT2D eigenvalue weighted by Crippen LogP contribution is -2.30. The Morgan fingerprint density at radius 3 is 2.76 bits per heavy atom. The Morgan fingerprint density at radius 2 is 2.16 bits per heavy atom. The van der Waals surface area contributed by atoms with Crippen LogP contribution in [0.15, 0.2) is 58.7 Å². The zero-order chi connectivity index (χ0) is 18.0. The number of aliphatic hydroxyl groups is 1. The van der Waals surface area contributed by atoms with Gasteiger partial charge in [-0.3, -0.25) is 14.6 Å². The fraction of sp³-hybridized carbons (Fsp3) is 0.316. The molecule has 1 aliphatic rings. The molecule has 1 amide bonds. The number of hydrogen-bond donors (Lipinski definition) is 1. The smallest absolute Gasteiger partial charge is 0.290 e. The predicted octanol–water partition coefficient (Wildman–Crippen LogP) is 3.19. The fourth-order valence-electron chi connectivity index (χ4n) is 3.01. The van der Waals surface area contributed by atoms with Crippen LogP contribution in [-0.2, 0) is 16.1 Å². The van der Waals surface area contributed by atoms with Crippen molar-refractivity contribution in [2.45, 2.75) is 32.9 Å². The molecular weight excluding hydrogens is 320 g/mol. The van der Waals surface area contributed by atoms with Crippen LogP contribution in [-0.4, -0.2) is 26.7 Å². The second-order valence-corrected chi connectivity index (χ2v) is 6.50. The number of aromatic nitrogens is 1. The number of ketones is 1. The number of pyridine rings is 1. The molecule has 0 saturated heterocycles. The van der Waals surface area contributed by atoms with E-state index in [0.717, 1.165) is 5.56 Å². The molecule has 1 unspecified atom stereocenters. The highest BCUT2D eigenvalue weighted by Crippen LogP contribution is 2.39. The summed E-state index contributed by atoms with van der Waals surface area (Å²) < 4.78 is 5.46. The van der Waals surface area contributed by atoms with E-state index in [1.807, 2.05) is 19.9 Å². The Hall–Kier alpha value is -2.89. The van der Waals surface area contributed by atoms with E-state index in [1.54, 1.807) is 30.6 Å². The number of Topliss-reactive ketones (excluding diaryl/α,β-unsaturated/α-hetero) is 1. The zero-order valence-corrected chi connectivity index (χ0v) is 14.2. The van der Waals surface area contributed by atoms with E-state index < -0.39 is 17.7 Å². The largest absolute Gasteiger partial charge is 0.503 e. The number of carbonyl (C=O) groups excluding carboxylic acids is 2. The third-order valence-electron chi connectivity index (χ3n) is 4.09. The molecule has 0 saturated carbocycles. The van der Waals surface area contributed by atoms with Crippen molar-refractivity contribution in [3.05, 3.63) is 65.6 Å². The first-order valence-corrected chi connectivity index (χ1v) is 8.18. The van der Waals surface area contributed by atoms with E-state index in [0.29, 0.717) is 5.76 Å². The second-order valence-electron chi connectivity index (χ2n) is 6.50. The molecule has 6 heteroatoms. The first-order valence-electron chi connectivity index (χ1n) is 8.18. The minimum atomic E-state index is -0.728. The molecule has 6 nitrogen and oxygen atoms in total. The van der Waals surface area contributed by atoms with Crippen molar-refractivity contribution in [2.24, 2.45) is 5.92 Å². The summed E-state index contributed by atoms with van der Waals surface area (Å²) in [5.74, 6) is -0.731. The number of furan rings is 1. The molecule has 1 atom stereocenters. The lowest BCUT2D eigenvalue weighted by Gasteiger charge is -2.25. The van der Waals surface area contributed by atoms with Crippen molar-refractivity contribution in [2.75, 3.05) is 0 Å². The summed E-state index contributed by atoms with van der Waals surface area (Å²) in [6.45, 7) is 4.06. The van der Waals surface area contributed by atoms with Gasteiger partial charge in [0, 0.05) is 25.4 Å². The topological polar surface area (TPSA) is 83.6 Å². The lowest BCUT2D eigenvalue weighted by molar-refractivity contribution is -0.130. The first kappa shape index (κ1) is 17.0. The number of hydrogen-bond acceptors (Lipinski definition) is 5. The number of carbonyl (C=O) groups is 2. The van der Waals surface area contributed by atoms with Crippen LogP contribution in [0.25, 0.3) is 0 Å². The zero-order valence-electron chi connectivity index (χ0n) is 14.2. The Morgan fingerprint density at radius 1 is 1.36 bits per heavy atom. The molecule has 2 aromatic heterocycles. The maximum Gasteiger partial charge on any atom is 0.290 e. The summed E-state index contributed by atoms with van der Waals surface area (Å²) in [6.07, 6.45) is 5.04. The van der Waals surface area contributed by atoms with Gasteiger partial charge in [-0.1, -0.05) is 19.9 Å². The van der Waals surface area contributed by atoms with Crippen molar-refractivity contribution in [3.63, 3.8) is 0 Å². The Bertz CT molecular complexity index is 794. The summed E-state index contributed by atoms with van der Waals surface area (Å²) in [6, 6.07) is 6.28. The molecule has 3 rings (SSSR count). The van der Waals surface area contributed by atoms with Crippen molar-refractivity contribution in [1.82, 2.24) is 9.88 Å². The van der Waals surface area contributed by atoms with Gasteiger partial charge in [-0.15, -0.1) is 0 Å². The first-order chi connectivity index (χ1) is 12.0. The van der Waals surface area contributed by atoms with E-state index in [-0.39, 0.29) is 30.2 Å². The number of amides is 1. The normalized spacial score (nSPS) is 17.6. The van der Waals surface area contributed by atoms with Crippen LogP contribution in [0.1, 0.15) is 37.6 Å². The fourth-order valence-corrected chi connectivity index (χ4v) is 3.01. The minimum Gasteiger partial charge on any atom is -0.503 e. The number of nitrogens with zero attached hydrogens (tertiary/aromatic N) is 2. The van der Waals surface area contributed by atoms with Crippen molar-refractivity contribution >= 4 is 11.7 Å². The summed E-state index contributed by atoms with van der Waals surface area (Å²) in [5, 5.41) is 10.4. The average molecular weight is 340 g/mol. The van der Waals surface area contributed by atoms with Gasteiger partial charge in [0.05, 0.1) is 11.8 Å². The van der Waals surface area contributed by atoms with Gasteiger partial charge >= 0.3 is 0 Å². The molecule has 0 aliphatic carbocycles. The Balaban J connectivity index is 1.99. The Kier molecular flexibility index (Phi) is 4.70. The minimum absolute atomic E-state index is 0.109. The SMILES string of the molecule is CC(C)CC(=O)C1=C(O)C(=O)N(Cc2cccnc2)C1c1ccco1. The molecule has 25 heavy (non-hydrogen) atoms. The molecule has 0 radical (unpaired) electrons. The van der Waals surface area contributed by atoms with Crippen LogP contribution >= 0.6 is 0 Å². The molecule has 1 N–H and O–H groups in total. The Labute approximate surface area is 145 Å². The van der Waals surface area contributed by atoms with Crippen LogP contribution in [0.3, 0.4) is 0 Å². The van der Waals surface area contributed by atoms with Gasteiger partial charge < -0.3 is 14.4 Å². The quantitative estimate of drug-likeness (QED) is 0.873. The molecule has 0 bridgehead atoms. The monoisotopic (exact) mass is 340 g/mol. The van der Waals surface area contributed by atoms with Crippen molar-refractivity contribution in [3.8, 4) is 0 Å². The molecule has 2 aromatic rings. The highest BCUT2D eigenvalue weighted by molar-refractivity contribution is 6.08. The maximum absolute atomic E-state index is 12.7. The van der Waals surface area contributed by atoms with E-state index in [2.05, 4.69) is 4.98 Å². The third kappa shape index (κ3) is 3.33. The van der Waals surface area contributed by atoms with Gasteiger partial charge in [-0.05, 0) is 29.7 Å². The summed E-state index contributed by atoms with van der Waals surface area (Å²) in [5.41, 5.74) is 0.912. The number of aliphatic hydroxyl groups excluding tert-OH is 1. The van der Waals surface area contributed by atoms with Gasteiger partial charge in [0.15, 0.2) is 11.5 Å². The van der Waals surface area contributed by atoms with Crippen LogP contribution < -0.4 is 0 Å². The van der Waals surface area contributed by atoms with E-state index >= 15 is 0 Å². The molecule has 130 valence electrons. The van der Waals surface area contributed by atoms with Crippen molar-refractivity contribution < 1.29 is 19.1 Å². The van der Waals surface area contributed by atoms with Gasteiger partial charge in [0.1, 0.15) is 11.8 Å². The van der Waals surface area contributed by atoms with Crippen LogP contribution in [0.2, 0.25) is 0 Å². The summed E-state index contributed by atoms with van der Waals surface area (Å²) >= 11 is 0. The van der Waals surface area contributed by atoms with E-state index in [4.69, 9.17) is 4.42 Å². The lowest BCUT2D eigenvalue weighted by atomic mass is 9.95. The molecule has 0 spiro atoms. The standard InChI is InChI=1S/C19H20N2O4/c1-12(2)9-14(22)16-17(15-6-4-8-25-15)21(19(24)18(16)23)11-13-5-3-7-20-10-13/h3-8,10,12,17,23H,9,11H2,1-2H3. The van der Waals surface area contributed by atoms with Gasteiger partial charge in [0.25, 0.3) is 5.91 Å². The molecular formula is C19H20N2O4. The van der Waals surface area contributed by atoms with Crippen LogP contribution in [0.4, 0.5) is 0 Å². The summed E-state index contributed by atoms with van der Waals surface area (Å²) in [7, 11) is 0. The predicted molar refractivity (Wildman–Crippen MR) is 90.4 cm³/mol. The van der Waals surface area contributed by atoms with E-state index in [1.165, 1.54) is 11.2 Å². The van der Waals surface area contributed by atoms with Gasteiger partial charge in [0.2, 0.25) is 0 Å². The highest BCUT2D eigenvalue weighted by atomic mass is 16.3. The third-order valence-corrected chi connectivity index (χ3v) is 4.09.